The number of aliphatic hydroxyl groups excluding tert-OH is 4. The van der Waals surface area contributed by atoms with E-state index in [4.69, 9.17) is 0 Å². The largest absolute Gasteiger partial charge is 0.477 e. The predicted molar refractivity (Wildman–Crippen MR) is 495 cm³/mol. The average Bonchev–Trinajstić information content (AvgIpc) is 1.69. The van der Waals surface area contributed by atoms with Crippen molar-refractivity contribution < 1.29 is 83.6 Å². The summed E-state index contributed by atoms with van der Waals surface area (Å²) in [5.74, 6) is 18.5. The molecule has 125 heavy (non-hydrogen) atoms. The van der Waals surface area contributed by atoms with Gasteiger partial charge in [-0.25, -0.2) is 23.6 Å². The Labute approximate surface area is 749 Å². The van der Waals surface area contributed by atoms with Crippen LogP contribution >= 0.6 is 45.3 Å². The molecule has 0 unspecified atom stereocenters. The quantitative estimate of drug-likeness (QED) is 0.0417. The molecule has 8 N–H and O–H groups in total. The molecule has 4 fully saturated rings. The van der Waals surface area contributed by atoms with E-state index in [1.807, 2.05) is 152 Å². The molecule has 0 bridgehead atoms. The Bertz CT molecular complexity index is 5340. The molecule has 20 nitrogen and oxygen atoms in total. The average molecular weight is 1780 g/mol. The van der Waals surface area contributed by atoms with Crippen LogP contribution in [0.4, 0.5) is 27.1 Å². The number of rotatable bonds is 16. The number of hydrogen-bond acceptors (Lipinski definition) is 16. The Morgan fingerprint density at radius 3 is 0.800 bits per heavy atom. The van der Waals surface area contributed by atoms with Gasteiger partial charge in [-0.1, -0.05) is 108 Å². The third-order valence-electron chi connectivity index (χ3n) is 21.3. The van der Waals surface area contributed by atoms with E-state index in [0.717, 1.165) is 62.0 Å². The summed E-state index contributed by atoms with van der Waals surface area (Å²) in [6.45, 7) is 31.3. The minimum atomic E-state index is -1.16. The number of nitrogens with zero attached hydrogens (tertiary/aromatic N) is 4. The summed E-state index contributed by atoms with van der Waals surface area (Å²) in [5, 5.41) is 79.3. The highest BCUT2D eigenvalue weighted by Crippen LogP contribution is 2.43. The van der Waals surface area contributed by atoms with Crippen LogP contribution in [0.5, 0.6) is 0 Å². The van der Waals surface area contributed by atoms with E-state index in [9.17, 15) is 83.6 Å². The second-order valence-corrected chi connectivity index (χ2v) is 40.8. The fourth-order valence-electron chi connectivity index (χ4n) is 14.9. The Morgan fingerprint density at radius 2 is 0.560 bits per heavy atom. The molecular formula is C100H115FN4O16S4. The summed E-state index contributed by atoms with van der Waals surface area (Å²) in [5.41, 5.74) is 5.42. The SMILES string of the molecule is Cc1ccc(C(=O)N(c2cc(C#CC(C)(C)C)sc2C(=O)O)C2CCC(O)CC2)c(F)c1.Cc1ccc(C(=O)N(c2cc(C#CC(C)(C)C)sc2C(=O)O)C2CCC(O)CC2)cc1.Cc1ccccc1C(=O)N(c1cc(C#CC(C)(C)C)sc1C(=O)O)C1CCC(O)CC1.Cc1ccccc1C(=O)N(c1cc(C#CC(C)(C)C)sc1C(=O)O)C1CCC(O)CC1. The third kappa shape index (κ3) is 27.5. The van der Waals surface area contributed by atoms with E-state index in [-0.39, 0.29) is 113 Å². The van der Waals surface area contributed by atoms with Gasteiger partial charge in [-0.2, -0.15) is 0 Å². The first kappa shape index (κ1) is 98.2. The van der Waals surface area contributed by atoms with Gasteiger partial charge in [0.2, 0.25) is 0 Å². The Morgan fingerprint density at radius 1 is 0.320 bits per heavy atom. The van der Waals surface area contributed by atoms with Gasteiger partial charge in [0, 0.05) is 62.5 Å². The van der Waals surface area contributed by atoms with Crippen molar-refractivity contribution >= 4 is 116 Å². The molecular weight excluding hydrogens is 1660 g/mol. The molecule has 12 rings (SSSR count). The molecule has 662 valence electrons. The molecule has 4 aliphatic carbocycles. The van der Waals surface area contributed by atoms with Crippen molar-refractivity contribution in [3.05, 3.63) is 205 Å². The van der Waals surface area contributed by atoms with Gasteiger partial charge in [-0.3, -0.25) is 19.2 Å². The van der Waals surface area contributed by atoms with E-state index in [0.29, 0.717) is 162 Å². The standard InChI is InChI=1S/C25H28FNO4S.3C25H29NO4S/c1-15-5-10-19(20(26)13-15)23(29)27(16-6-8-17(28)9-7-16)21-14-18(11-12-25(2,3)4)32-22(21)24(30)31;1-16-5-7-17(8-6-16)23(28)26(18-9-11-19(27)12-10-18)21-15-20(13-14-25(2,3)4)31-22(21)24(29)30;2*1-16-7-5-6-8-20(16)23(28)26(17-9-11-18(27)12-10-17)21-15-19(13-14-25(2,3)4)31-22(21)24(29)30/h5,10,13-14,16-17,28H,6-9H2,1-4H3,(H,30,31);5-8,15,18-19,27H,9-12H2,1-4H3,(H,29,30);2*5-8,15,17-18,27H,9-12H2,1-4H3,(H,29,30). The van der Waals surface area contributed by atoms with Crippen molar-refractivity contribution in [2.24, 2.45) is 21.7 Å². The molecule has 4 aromatic carbocycles. The first-order valence-electron chi connectivity index (χ1n) is 42.3. The summed E-state index contributed by atoms with van der Waals surface area (Å²) in [4.78, 5) is 112. The van der Waals surface area contributed by atoms with Crippen molar-refractivity contribution in [1.29, 1.82) is 0 Å². The van der Waals surface area contributed by atoms with Crippen LogP contribution in [0, 0.1) is 103 Å². The molecule has 0 radical (unpaired) electrons. The highest BCUT2D eigenvalue weighted by Gasteiger charge is 2.40. The van der Waals surface area contributed by atoms with Crippen LogP contribution in [0.25, 0.3) is 0 Å². The van der Waals surface area contributed by atoms with Gasteiger partial charge in [0.1, 0.15) is 25.3 Å². The van der Waals surface area contributed by atoms with Gasteiger partial charge in [0.25, 0.3) is 23.6 Å². The Kier molecular flexibility index (Phi) is 33.5. The lowest BCUT2D eigenvalue weighted by molar-refractivity contribution is 0.0690. The fourth-order valence-corrected chi connectivity index (χ4v) is 18.3. The second-order valence-electron chi connectivity index (χ2n) is 36.5. The maximum atomic E-state index is 14.7. The molecule has 4 aromatic heterocycles. The smallest absolute Gasteiger partial charge is 0.348 e. The number of amides is 4. The summed E-state index contributed by atoms with van der Waals surface area (Å²) in [6.07, 6.45) is 7.68. The van der Waals surface area contributed by atoms with Gasteiger partial charge in [-0.05, 0) is 291 Å². The second kappa shape index (κ2) is 42.6. The van der Waals surface area contributed by atoms with Crippen LogP contribution in [0.1, 0.15) is 308 Å². The number of halogens is 1. The molecule has 0 aliphatic heterocycles. The lowest BCUT2D eigenvalue weighted by Gasteiger charge is -2.36. The predicted octanol–water partition coefficient (Wildman–Crippen LogP) is 20.5. The van der Waals surface area contributed by atoms with Gasteiger partial charge in [-0.15, -0.1) is 45.3 Å². The maximum absolute atomic E-state index is 14.7. The zero-order valence-corrected chi connectivity index (χ0v) is 77.3. The number of aryl methyl sites for hydroxylation is 4. The number of anilines is 4. The van der Waals surface area contributed by atoms with Gasteiger partial charge in [0.15, 0.2) is 0 Å². The number of thiophene rings is 4. The van der Waals surface area contributed by atoms with E-state index < -0.39 is 41.7 Å². The van der Waals surface area contributed by atoms with E-state index in [1.165, 1.54) is 17.0 Å². The number of carbonyl (C=O) groups is 8. The number of hydrogen-bond donors (Lipinski definition) is 8. The molecule has 4 aliphatic rings. The molecule has 4 amide bonds. The maximum Gasteiger partial charge on any atom is 0.348 e. The summed E-state index contributed by atoms with van der Waals surface area (Å²) in [6, 6.07) is 32.3. The van der Waals surface area contributed by atoms with Crippen molar-refractivity contribution in [1.82, 2.24) is 0 Å². The summed E-state index contributed by atoms with van der Waals surface area (Å²) in [7, 11) is 0. The van der Waals surface area contributed by atoms with Gasteiger partial charge >= 0.3 is 23.9 Å². The van der Waals surface area contributed by atoms with Gasteiger partial charge in [0.05, 0.1) is 72.2 Å². The van der Waals surface area contributed by atoms with Crippen molar-refractivity contribution in [3.8, 4) is 47.4 Å². The first-order valence-corrected chi connectivity index (χ1v) is 45.5. The van der Waals surface area contributed by atoms with Crippen molar-refractivity contribution in [3.63, 3.8) is 0 Å². The van der Waals surface area contributed by atoms with Crippen LogP contribution in [-0.4, -0.2) is 137 Å². The fraction of sp³-hybridized carbons (Fsp3) is 0.440. The molecule has 0 saturated heterocycles. The molecule has 4 heterocycles. The third-order valence-corrected chi connectivity index (χ3v) is 25.4. The molecule has 0 spiro atoms. The van der Waals surface area contributed by atoms with Crippen LogP contribution < -0.4 is 19.6 Å². The minimum Gasteiger partial charge on any atom is -0.477 e. The highest BCUT2D eigenvalue weighted by molar-refractivity contribution is 7.16. The number of carboxylic acids is 4. The zero-order valence-electron chi connectivity index (χ0n) is 74.0. The Hall–Kier alpha value is -10.6. The molecule has 0 atom stereocenters. The summed E-state index contributed by atoms with van der Waals surface area (Å²) >= 11 is 4.31. The normalized spacial score (nSPS) is 18.7. The number of aromatic carboxylic acids is 4. The molecule has 4 saturated carbocycles. The minimum absolute atomic E-state index is 0.00444. The number of carbonyl (C=O) groups excluding carboxylic acids is 4. The first-order chi connectivity index (χ1) is 58.6. The number of aliphatic hydroxyl groups is 4. The van der Waals surface area contributed by atoms with E-state index >= 15 is 0 Å². The lowest BCUT2D eigenvalue weighted by Crippen LogP contribution is -2.44. The number of carboxylic acid groups (broad SMARTS) is 4. The monoisotopic (exact) mass is 1770 g/mol. The lowest BCUT2D eigenvalue weighted by atomic mass is 9.91. The van der Waals surface area contributed by atoms with Crippen molar-refractivity contribution in [2.75, 3.05) is 19.6 Å². The topological polar surface area (TPSA) is 311 Å². The van der Waals surface area contributed by atoms with Crippen LogP contribution in [-0.2, 0) is 0 Å². The van der Waals surface area contributed by atoms with Crippen molar-refractivity contribution in [2.45, 2.75) is 262 Å². The van der Waals surface area contributed by atoms with Crippen LogP contribution in [0.2, 0.25) is 0 Å². The molecule has 25 heteroatoms. The highest BCUT2D eigenvalue weighted by atomic mass is 32.1. The summed E-state index contributed by atoms with van der Waals surface area (Å²) < 4.78 is 14.7. The van der Waals surface area contributed by atoms with Crippen LogP contribution in [0.15, 0.2) is 115 Å². The van der Waals surface area contributed by atoms with E-state index in [1.54, 1.807) is 76.2 Å². The Balaban J connectivity index is 0.000000189. The van der Waals surface area contributed by atoms with E-state index in [2.05, 4.69) is 47.4 Å². The van der Waals surface area contributed by atoms with Gasteiger partial charge < -0.3 is 60.5 Å². The number of benzene rings is 4. The van der Waals surface area contributed by atoms with Crippen LogP contribution in [0.3, 0.4) is 0 Å². The zero-order chi connectivity index (χ0) is 91.9. The molecule has 8 aromatic rings.